The van der Waals surface area contributed by atoms with E-state index in [-0.39, 0.29) is 0 Å². The van der Waals surface area contributed by atoms with Gasteiger partial charge >= 0.3 is 0 Å². The second-order valence-corrected chi connectivity index (χ2v) is 7.97. The van der Waals surface area contributed by atoms with Crippen LogP contribution in [0.25, 0.3) is 5.82 Å². The van der Waals surface area contributed by atoms with E-state index in [1.165, 1.54) is 0 Å². The van der Waals surface area contributed by atoms with Crippen LogP contribution in [-0.2, 0) is 0 Å². The molecule has 5 rings (SSSR count). The Kier molecular flexibility index (Phi) is 4.18. The Bertz CT molecular complexity index is 940. The minimum Gasteiger partial charge on any atom is -0.356 e. The van der Waals surface area contributed by atoms with Gasteiger partial charge in [-0.15, -0.1) is 0 Å². The molecule has 2 fully saturated rings. The molecule has 0 bridgehead atoms. The summed E-state index contributed by atoms with van der Waals surface area (Å²) in [5.74, 6) is 4.39. The van der Waals surface area contributed by atoms with Crippen LogP contribution in [0.5, 0.6) is 0 Å². The van der Waals surface area contributed by atoms with Gasteiger partial charge in [-0.2, -0.15) is 5.10 Å². The number of fused-ring (bicyclic) bond motifs is 1. The van der Waals surface area contributed by atoms with E-state index in [1.54, 1.807) is 23.4 Å². The van der Waals surface area contributed by atoms with E-state index < -0.39 is 0 Å². The Hall–Kier alpha value is -3.03. The third-order valence-electron chi connectivity index (χ3n) is 5.75. The van der Waals surface area contributed by atoms with Crippen molar-refractivity contribution < 1.29 is 0 Å². The highest BCUT2D eigenvalue weighted by Gasteiger charge is 2.41. The first-order chi connectivity index (χ1) is 13.7. The maximum absolute atomic E-state index is 4.76. The minimum atomic E-state index is 0.417. The van der Waals surface area contributed by atoms with Gasteiger partial charge in [-0.1, -0.05) is 13.8 Å². The summed E-state index contributed by atoms with van der Waals surface area (Å²) in [5, 5.41) is 4.25. The molecule has 0 spiro atoms. The van der Waals surface area contributed by atoms with Gasteiger partial charge in [0, 0.05) is 62.2 Å². The Morgan fingerprint density at radius 3 is 2.32 bits per heavy atom. The standard InChI is InChI=1S/C20H24N8/c1-14(2)17-6-18(23-13-22-17)26-9-15-11-27(12-16(15)10-26)19-7-21-8-20(25-19)28-5-3-4-24-28/h3-8,13-16H,9-12H2,1-2H3. The second-order valence-electron chi connectivity index (χ2n) is 7.97. The van der Waals surface area contributed by atoms with E-state index >= 15 is 0 Å². The largest absolute Gasteiger partial charge is 0.356 e. The van der Waals surface area contributed by atoms with E-state index in [9.17, 15) is 0 Å². The number of anilines is 2. The molecule has 0 radical (unpaired) electrons. The monoisotopic (exact) mass is 376 g/mol. The predicted octanol–water partition coefficient (Wildman–Crippen LogP) is 2.15. The SMILES string of the molecule is CC(C)c1cc(N2CC3CN(c4cncc(-n5cccn5)n4)CC3C2)ncn1. The molecule has 3 aromatic heterocycles. The predicted molar refractivity (Wildman–Crippen MR) is 107 cm³/mol. The zero-order chi connectivity index (χ0) is 19.1. The summed E-state index contributed by atoms with van der Waals surface area (Å²) in [6.45, 7) is 8.40. The smallest absolute Gasteiger partial charge is 0.173 e. The van der Waals surface area contributed by atoms with E-state index in [2.05, 4.69) is 49.8 Å². The van der Waals surface area contributed by atoms with Crippen molar-refractivity contribution in [3.63, 3.8) is 0 Å². The summed E-state index contributed by atoms with van der Waals surface area (Å²) in [5.41, 5.74) is 1.11. The van der Waals surface area contributed by atoms with Crippen molar-refractivity contribution in [1.29, 1.82) is 0 Å². The van der Waals surface area contributed by atoms with Gasteiger partial charge in [0.05, 0.1) is 12.4 Å². The zero-order valence-corrected chi connectivity index (χ0v) is 16.2. The maximum Gasteiger partial charge on any atom is 0.173 e. The van der Waals surface area contributed by atoms with Crippen molar-refractivity contribution in [2.45, 2.75) is 19.8 Å². The number of hydrogen-bond acceptors (Lipinski definition) is 7. The fourth-order valence-electron chi connectivity index (χ4n) is 4.23. The molecule has 0 amide bonds. The van der Waals surface area contributed by atoms with Crippen LogP contribution in [0.1, 0.15) is 25.5 Å². The molecule has 144 valence electrons. The lowest BCUT2D eigenvalue weighted by atomic mass is 10.0. The van der Waals surface area contributed by atoms with Gasteiger partial charge in [0.15, 0.2) is 5.82 Å². The molecule has 2 aliphatic rings. The van der Waals surface area contributed by atoms with Crippen molar-refractivity contribution in [1.82, 2.24) is 29.7 Å². The molecule has 28 heavy (non-hydrogen) atoms. The Morgan fingerprint density at radius 1 is 0.929 bits per heavy atom. The third kappa shape index (κ3) is 3.08. The molecule has 8 heteroatoms. The first kappa shape index (κ1) is 17.1. The molecule has 0 saturated carbocycles. The molecule has 0 aliphatic carbocycles. The van der Waals surface area contributed by atoms with Crippen molar-refractivity contribution in [3.8, 4) is 5.82 Å². The van der Waals surface area contributed by atoms with Gasteiger partial charge in [-0.05, 0) is 12.0 Å². The average Bonchev–Trinajstić information content (AvgIpc) is 3.44. The van der Waals surface area contributed by atoms with Gasteiger partial charge in [0.2, 0.25) is 0 Å². The molecule has 3 aromatic rings. The fraction of sp³-hybridized carbons (Fsp3) is 0.450. The van der Waals surface area contributed by atoms with Crippen molar-refractivity contribution in [3.05, 3.63) is 48.9 Å². The van der Waals surface area contributed by atoms with Crippen LogP contribution in [-0.4, -0.2) is 55.9 Å². The molecular formula is C20H24N8. The van der Waals surface area contributed by atoms with Crippen molar-refractivity contribution >= 4 is 11.6 Å². The van der Waals surface area contributed by atoms with Crippen LogP contribution < -0.4 is 9.80 Å². The van der Waals surface area contributed by atoms with E-state index in [0.29, 0.717) is 17.8 Å². The second kappa shape index (κ2) is 6.85. The number of nitrogens with zero attached hydrogens (tertiary/aromatic N) is 8. The Balaban J connectivity index is 1.29. The maximum atomic E-state index is 4.76. The third-order valence-corrected chi connectivity index (χ3v) is 5.75. The van der Waals surface area contributed by atoms with Gasteiger partial charge in [-0.25, -0.2) is 19.6 Å². The van der Waals surface area contributed by atoms with Crippen LogP contribution >= 0.6 is 0 Å². The van der Waals surface area contributed by atoms with E-state index in [0.717, 1.165) is 49.3 Å². The topological polar surface area (TPSA) is 75.9 Å². The first-order valence-corrected chi connectivity index (χ1v) is 9.81. The van der Waals surface area contributed by atoms with Crippen molar-refractivity contribution in [2.75, 3.05) is 36.0 Å². The minimum absolute atomic E-state index is 0.417. The van der Waals surface area contributed by atoms with Crippen molar-refractivity contribution in [2.24, 2.45) is 11.8 Å². The number of rotatable bonds is 4. The molecule has 2 aliphatic heterocycles. The van der Waals surface area contributed by atoms with Crippen LogP contribution in [0, 0.1) is 11.8 Å². The lowest BCUT2D eigenvalue weighted by Crippen LogP contribution is -2.30. The quantitative estimate of drug-likeness (QED) is 0.690. The van der Waals surface area contributed by atoms with E-state index in [1.807, 2.05) is 18.5 Å². The van der Waals surface area contributed by atoms with Gasteiger partial charge in [-0.3, -0.25) is 4.98 Å². The normalized spacial score (nSPS) is 21.5. The van der Waals surface area contributed by atoms with Crippen LogP contribution in [0.2, 0.25) is 0 Å². The van der Waals surface area contributed by atoms with Crippen LogP contribution in [0.15, 0.2) is 43.2 Å². The molecule has 5 heterocycles. The lowest BCUT2D eigenvalue weighted by Gasteiger charge is -2.23. The number of aromatic nitrogens is 6. The highest BCUT2D eigenvalue weighted by molar-refractivity contribution is 5.45. The Labute approximate surface area is 164 Å². The van der Waals surface area contributed by atoms with Gasteiger partial charge < -0.3 is 9.80 Å². The summed E-state index contributed by atoms with van der Waals surface area (Å²) < 4.78 is 1.75. The molecule has 0 N–H and O–H groups in total. The summed E-state index contributed by atoms with van der Waals surface area (Å²) >= 11 is 0. The lowest BCUT2D eigenvalue weighted by molar-refractivity contribution is 0.533. The van der Waals surface area contributed by atoms with Gasteiger partial charge in [0.25, 0.3) is 0 Å². The summed E-state index contributed by atoms with van der Waals surface area (Å²) in [6, 6.07) is 4.03. The summed E-state index contributed by atoms with van der Waals surface area (Å²) in [7, 11) is 0. The molecule has 0 aromatic carbocycles. The molecule has 2 unspecified atom stereocenters. The van der Waals surface area contributed by atoms with Gasteiger partial charge in [0.1, 0.15) is 18.0 Å². The number of hydrogen-bond donors (Lipinski definition) is 0. The highest BCUT2D eigenvalue weighted by Crippen LogP contribution is 2.35. The highest BCUT2D eigenvalue weighted by atomic mass is 15.3. The molecular weight excluding hydrogens is 352 g/mol. The molecule has 2 saturated heterocycles. The van der Waals surface area contributed by atoms with E-state index in [4.69, 9.17) is 4.98 Å². The average molecular weight is 376 g/mol. The van der Waals surface area contributed by atoms with Crippen LogP contribution in [0.4, 0.5) is 11.6 Å². The van der Waals surface area contributed by atoms with Crippen LogP contribution in [0.3, 0.4) is 0 Å². The fourth-order valence-corrected chi connectivity index (χ4v) is 4.23. The molecule has 2 atom stereocenters. The Morgan fingerprint density at radius 2 is 1.64 bits per heavy atom. The zero-order valence-electron chi connectivity index (χ0n) is 16.2. The first-order valence-electron chi connectivity index (χ1n) is 9.81. The summed E-state index contributed by atoms with van der Waals surface area (Å²) in [4.78, 5) is 22.8. The summed E-state index contributed by atoms with van der Waals surface area (Å²) in [6.07, 6.45) is 8.93. The molecule has 8 nitrogen and oxygen atoms in total.